The molecule has 0 aliphatic carbocycles. The lowest BCUT2D eigenvalue weighted by molar-refractivity contribution is 0.0745. The van der Waals surface area contributed by atoms with Crippen LogP contribution < -0.4 is 4.74 Å². The van der Waals surface area contributed by atoms with E-state index < -0.39 is 0 Å². The van der Waals surface area contributed by atoms with Gasteiger partial charge in [-0.1, -0.05) is 6.07 Å². The van der Waals surface area contributed by atoms with Crippen molar-refractivity contribution in [3.05, 3.63) is 76.0 Å². The summed E-state index contributed by atoms with van der Waals surface area (Å²) in [4.78, 5) is 4.05. The van der Waals surface area contributed by atoms with Gasteiger partial charge in [0.05, 0.1) is 12.2 Å². The molecule has 4 heterocycles. The number of aromatic nitrogens is 1. The molecule has 0 spiro atoms. The average Bonchev–Trinajstić information content (AvgIpc) is 3.36. The Kier molecular flexibility index (Phi) is 4.95. The molecule has 1 saturated heterocycles. The summed E-state index contributed by atoms with van der Waals surface area (Å²) >= 11 is 1.85. The van der Waals surface area contributed by atoms with E-state index in [9.17, 15) is 4.39 Å². The molecule has 5 rings (SSSR count). The van der Waals surface area contributed by atoms with Crippen LogP contribution in [0.15, 0.2) is 54.0 Å². The molecule has 2 aliphatic rings. The summed E-state index contributed by atoms with van der Waals surface area (Å²) in [6.45, 7) is 4.04. The van der Waals surface area contributed by atoms with E-state index >= 15 is 0 Å². The number of rotatable bonds is 4. The summed E-state index contributed by atoms with van der Waals surface area (Å²) in [7, 11) is 0. The summed E-state index contributed by atoms with van der Waals surface area (Å²) in [5.74, 6) is 1.12. The molecule has 0 amide bonds. The van der Waals surface area contributed by atoms with Crippen LogP contribution >= 0.6 is 11.3 Å². The third kappa shape index (κ3) is 3.61. The van der Waals surface area contributed by atoms with Gasteiger partial charge in [0, 0.05) is 29.1 Å². The molecule has 0 saturated carbocycles. The van der Waals surface area contributed by atoms with Crippen LogP contribution in [0.25, 0.3) is 0 Å². The largest absolute Gasteiger partial charge is 0.484 e. The second-order valence-electron chi connectivity index (χ2n) is 7.86. The van der Waals surface area contributed by atoms with E-state index in [4.69, 9.17) is 4.74 Å². The van der Waals surface area contributed by atoms with Crippen molar-refractivity contribution in [2.24, 2.45) is 5.92 Å². The minimum atomic E-state index is -0.200. The Hall–Kier alpha value is -2.11. The Morgan fingerprint density at radius 2 is 2.00 bits per heavy atom. The third-order valence-electron chi connectivity index (χ3n) is 6.09. The number of hydrogen-bond donors (Lipinski definition) is 0. The highest BCUT2D eigenvalue weighted by Crippen LogP contribution is 2.39. The molecule has 0 bridgehead atoms. The first-order valence-electron chi connectivity index (χ1n) is 10.1. The number of hydrogen-bond acceptors (Lipinski definition) is 3. The van der Waals surface area contributed by atoms with Crippen molar-refractivity contribution in [3.8, 4) is 5.75 Å². The van der Waals surface area contributed by atoms with Crippen molar-refractivity contribution in [2.45, 2.75) is 31.9 Å². The van der Waals surface area contributed by atoms with Gasteiger partial charge in [-0.2, -0.15) is 0 Å². The van der Waals surface area contributed by atoms with Gasteiger partial charge < -0.3 is 14.2 Å². The summed E-state index contributed by atoms with van der Waals surface area (Å²) in [5.41, 5.74) is 2.14. The molecule has 146 valence electrons. The van der Waals surface area contributed by atoms with Crippen molar-refractivity contribution in [3.63, 3.8) is 0 Å². The maximum absolute atomic E-state index is 13.7. The van der Waals surface area contributed by atoms with Gasteiger partial charge in [0.25, 0.3) is 0 Å². The lowest BCUT2D eigenvalue weighted by Crippen LogP contribution is -2.38. The Bertz CT molecular complexity index is 928. The van der Waals surface area contributed by atoms with Gasteiger partial charge in [-0.25, -0.2) is 4.39 Å². The number of halogens is 1. The fourth-order valence-corrected chi connectivity index (χ4v) is 5.24. The first kappa shape index (κ1) is 18.0. The Labute approximate surface area is 169 Å². The quantitative estimate of drug-likeness (QED) is 0.609. The van der Waals surface area contributed by atoms with Crippen LogP contribution in [0.4, 0.5) is 4.39 Å². The monoisotopic (exact) mass is 396 g/mol. The van der Waals surface area contributed by atoms with Crippen LogP contribution in [0.3, 0.4) is 0 Å². The maximum Gasteiger partial charge on any atom is 0.141 e. The highest BCUT2D eigenvalue weighted by atomic mass is 32.1. The van der Waals surface area contributed by atoms with Crippen molar-refractivity contribution >= 4 is 11.3 Å². The molecule has 1 unspecified atom stereocenters. The molecule has 0 radical (unpaired) electrons. The molecular weight excluding hydrogens is 371 g/mol. The second kappa shape index (κ2) is 7.72. The molecule has 1 fully saturated rings. The summed E-state index contributed by atoms with van der Waals surface area (Å²) in [6, 6.07) is 13.5. The highest BCUT2D eigenvalue weighted by Gasteiger charge is 2.33. The Morgan fingerprint density at radius 3 is 2.82 bits per heavy atom. The summed E-state index contributed by atoms with van der Waals surface area (Å²) in [5, 5.41) is 2.16. The Balaban J connectivity index is 1.29. The molecule has 0 N–H and O–H groups in total. The standard InChI is InChI=1S/C23H25FN2OS/c24-19-5-6-22-18(15-19)16-26-10-1-4-21(26)23(27-22)17-7-11-25(12-8-17)13-9-20-3-2-14-28-20/h1-6,10,14-15,17,23H,7-9,11-13,16H2. The van der Waals surface area contributed by atoms with E-state index in [0.717, 1.165) is 50.2 Å². The number of likely N-dealkylation sites (tertiary alicyclic amines) is 1. The van der Waals surface area contributed by atoms with E-state index in [1.165, 1.54) is 16.6 Å². The van der Waals surface area contributed by atoms with Crippen molar-refractivity contribution in [1.29, 1.82) is 0 Å². The number of nitrogens with zero attached hydrogens (tertiary/aromatic N) is 2. The number of ether oxygens (including phenoxy) is 1. The number of thiophene rings is 1. The van der Waals surface area contributed by atoms with Crippen LogP contribution in [0.2, 0.25) is 0 Å². The summed E-state index contributed by atoms with van der Waals surface area (Å²) in [6.07, 6.45) is 5.54. The second-order valence-corrected chi connectivity index (χ2v) is 8.89. The van der Waals surface area contributed by atoms with E-state index in [-0.39, 0.29) is 11.9 Å². The van der Waals surface area contributed by atoms with Gasteiger partial charge in [0.1, 0.15) is 17.7 Å². The fraction of sp³-hybridized carbons (Fsp3) is 0.391. The predicted octanol–water partition coefficient (Wildman–Crippen LogP) is 5.13. The molecular formula is C23H25FN2OS. The zero-order chi connectivity index (χ0) is 18.9. The third-order valence-corrected chi connectivity index (χ3v) is 7.02. The van der Waals surface area contributed by atoms with Crippen LogP contribution in [-0.4, -0.2) is 29.1 Å². The van der Waals surface area contributed by atoms with Crippen molar-refractivity contribution in [1.82, 2.24) is 9.47 Å². The maximum atomic E-state index is 13.7. The lowest BCUT2D eigenvalue weighted by atomic mass is 9.89. The van der Waals surface area contributed by atoms with Gasteiger partial charge in [0.2, 0.25) is 0 Å². The fourth-order valence-electron chi connectivity index (χ4n) is 4.54. The Morgan fingerprint density at radius 1 is 1.11 bits per heavy atom. The van der Waals surface area contributed by atoms with Gasteiger partial charge >= 0.3 is 0 Å². The first-order valence-corrected chi connectivity index (χ1v) is 11.0. The van der Waals surface area contributed by atoms with Crippen LogP contribution in [0.1, 0.15) is 35.1 Å². The smallest absolute Gasteiger partial charge is 0.141 e. The normalized spacial score (nSPS) is 20.2. The number of benzene rings is 1. The van der Waals surface area contributed by atoms with Gasteiger partial charge in [-0.15, -0.1) is 11.3 Å². The molecule has 2 aromatic heterocycles. The van der Waals surface area contributed by atoms with Crippen LogP contribution in [0.5, 0.6) is 5.75 Å². The zero-order valence-electron chi connectivity index (χ0n) is 15.9. The number of piperidine rings is 1. The molecule has 3 nitrogen and oxygen atoms in total. The van der Waals surface area contributed by atoms with Crippen molar-refractivity contribution in [2.75, 3.05) is 19.6 Å². The first-order chi connectivity index (χ1) is 13.8. The molecule has 1 aromatic carbocycles. The lowest BCUT2D eigenvalue weighted by Gasteiger charge is -2.35. The zero-order valence-corrected chi connectivity index (χ0v) is 16.7. The number of fused-ring (bicyclic) bond motifs is 2. The van der Waals surface area contributed by atoms with E-state index in [1.54, 1.807) is 12.1 Å². The average molecular weight is 397 g/mol. The minimum absolute atomic E-state index is 0.0427. The van der Waals surface area contributed by atoms with Crippen LogP contribution in [0, 0.1) is 11.7 Å². The van der Waals surface area contributed by atoms with E-state index in [1.807, 2.05) is 11.3 Å². The SMILES string of the molecule is Fc1ccc2c(c1)Cn1cccc1C(C1CCN(CCc3cccs3)CC1)O2. The minimum Gasteiger partial charge on any atom is -0.484 e. The molecule has 2 aliphatic heterocycles. The van der Waals surface area contributed by atoms with E-state index in [0.29, 0.717) is 12.5 Å². The van der Waals surface area contributed by atoms with Gasteiger partial charge in [-0.3, -0.25) is 0 Å². The van der Waals surface area contributed by atoms with Gasteiger partial charge in [-0.05, 0) is 74.1 Å². The highest BCUT2D eigenvalue weighted by molar-refractivity contribution is 7.09. The molecule has 1 atom stereocenters. The topological polar surface area (TPSA) is 17.4 Å². The molecule has 28 heavy (non-hydrogen) atoms. The molecule has 3 aromatic rings. The predicted molar refractivity (Wildman–Crippen MR) is 110 cm³/mol. The summed E-state index contributed by atoms with van der Waals surface area (Å²) < 4.78 is 22.4. The van der Waals surface area contributed by atoms with Gasteiger partial charge in [0.15, 0.2) is 0 Å². The molecule has 5 heteroatoms. The van der Waals surface area contributed by atoms with Crippen molar-refractivity contribution < 1.29 is 9.13 Å². The van der Waals surface area contributed by atoms with Crippen LogP contribution in [-0.2, 0) is 13.0 Å². The van der Waals surface area contributed by atoms with E-state index in [2.05, 4.69) is 45.3 Å².